The van der Waals surface area contributed by atoms with E-state index < -0.39 is 23.4 Å². The molecule has 0 aliphatic heterocycles. The number of hydrogen-bond acceptors (Lipinski definition) is 6. The van der Waals surface area contributed by atoms with Crippen molar-refractivity contribution in [2.45, 2.75) is 39.0 Å². The first-order chi connectivity index (χ1) is 12.9. The van der Waals surface area contributed by atoms with Crippen LogP contribution in [0.1, 0.15) is 37.7 Å². The summed E-state index contributed by atoms with van der Waals surface area (Å²) in [5.74, 6) is -1.56. The van der Waals surface area contributed by atoms with E-state index in [1.165, 1.54) is 18.2 Å². The third kappa shape index (κ3) is 6.36. The van der Waals surface area contributed by atoms with Crippen molar-refractivity contribution in [2.24, 2.45) is 5.92 Å². The third-order valence-corrected chi connectivity index (χ3v) is 4.45. The number of esters is 1. The van der Waals surface area contributed by atoms with E-state index >= 15 is 0 Å². The van der Waals surface area contributed by atoms with Crippen LogP contribution < -0.4 is 10.6 Å². The van der Waals surface area contributed by atoms with E-state index in [0.29, 0.717) is 5.56 Å². The molecule has 0 radical (unpaired) electrons. The second kappa shape index (κ2) is 9.65. The largest absolute Gasteiger partial charge is 0.454 e. The molecule has 1 aromatic carbocycles. The van der Waals surface area contributed by atoms with Gasteiger partial charge in [0.1, 0.15) is 6.54 Å². The summed E-state index contributed by atoms with van der Waals surface area (Å²) in [5, 5.41) is 15.8. The lowest BCUT2D eigenvalue weighted by Gasteiger charge is -2.20. The van der Waals surface area contributed by atoms with Crippen LogP contribution in [0.5, 0.6) is 0 Å². The van der Waals surface area contributed by atoms with Crippen LogP contribution in [-0.4, -0.2) is 35.9 Å². The van der Waals surface area contributed by atoms with Crippen LogP contribution in [0.4, 0.5) is 11.4 Å². The van der Waals surface area contributed by atoms with E-state index in [-0.39, 0.29) is 29.7 Å². The molecule has 1 saturated carbocycles. The molecule has 9 heteroatoms. The van der Waals surface area contributed by atoms with Crippen LogP contribution in [0, 0.1) is 23.0 Å². The van der Waals surface area contributed by atoms with Crippen LogP contribution in [-0.2, 0) is 19.1 Å². The normalized spacial score (nSPS) is 14.3. The van der Waals surface area contributed by atoms with Gasteiger partial charge in [-0.3, -0.25) is 24.5 Å². The fourth-order valence-electron chi connectivity index (χ4n) is 2.91. The van der Waals surface area contributed by atoms with E-state index in [0.717, 1.165) is 32.1 Å². The van der Waals surface area contributed by atoms with Gasteiger partial charge in [0, 0.05) is 18.1 Å². The maximum Gasteiger partial charge on any atom is 0.325 e. The predicted octanol–water partition coefficient (Wildman–Crippen LogP) is 2.08. The second-order valence-corrected chi connectivity index (χ2v) is 6.52. The van der Waals surface area contributed by atoms with Gasteiger partial charge in [0.2, 0.25) is 5.91 Å². The van der Waals surface area contributed by atoms with Gasteiger partial charge < -0.3 is 15.4 Å². The van der Waals surface area contributed by atoms with E-state index in [1.807, 2.05) is 0 Å². The summed E-state index contributed by atoms with van der Waals surface area (Å²) < 4.78 is 4.83. The van der Waals surface area contributed by atoms with Gasteiger partial charge in [-0.25, -0.2) is 0 Å². The first kappa shape index (κ1) is 20.3. The smallest absolute Gasteiger partial charge is 0.325 e. The van der Waals surface area contributed by atoms with E-state index in [2.05, 4.69) is 10.6 Å². The molecule has 2 amide bonds. The zero-order valence-corrected chi connectivity index (χ0v) is 15.2. The molecule has 0 bridgehead atoms. The van der Waals surface area contributed by atoms with Crippen LogP contribution in [0.3, 0.4) is 0 Å². The Bertz CT molecular complexity index is 728. The monoisotopic (exact) mass is 377 g/mol. The van der Waals surface area contributed by atoms with Crippen molar-refractivity contribution < 1.29 is 24.0 Å². The van der Waals surface area contributed by atoms with Crippen molar-refractivity contribution in [1.82, 2.24) is 5.32 Å². The SMILES string of the molecule is Cc1ccc([N+](=O)[O-])cc1NC(=O)COC(=O)CNC(=O)C1CCCCC1. The number of nitro groups is 1. The molecule has 1 aliphatic carbocycles. The Kier molecular flexibility index (Phi) is 7.27. The molecule has 2 rings (SSSR count). The fraction of sp³-hybridized carbons (Fsp3) is 0.500. The summed E-state index contributed by atoms with van der Waals surface area (Å²) in [5.41, 5.74) is 0.759. The van der Waals surface area contributed by atoms with Gasteiger partial charge in [-0.05, 0) is 25.3 Å². The molecule has 9 nitrogen and oxygen atoms in total. The fourth-order valence-corrected chi connectivity index (χ4v) is 2.91. The molecule has 0 spiro atoms. The van der Waals surface area contributed by atoms with Crippen molar-refractivity contribution in [2.75, 3.05) is 18.5 Å². The number of carbonyl (C=O) groups is 3. The minimum Gasteiger partial charge on any atom is -0.454 e. The van der Waals surface area contributed by atoms with Crippen molar-refractivity contribution in [3.8, 4) is 0 Å². The molecule has 0 unspecified atom stereocenters. The molecule has 0 aromatic heterocycles. The van der Waals surface area contributed by atoms with Gasteiger partial charge in [0.25, 0.3) is 11.6 Å². The summed E-state index contributed by atoms with van der Waals surface area (Å²) in [6.07, 6.45) is 4.81. The highest BCUT2D eigenvalue weighted by molar-refractivity contribution is 5.94. The van der Waals surface area contributed by atoms with Crippen LogP contribution in [0.25, 0.3) is 0 Å². The van der Waals surface area contributed by atoms with E-state index in [9.17, 15) is 24.5 Å². The number of nitrogens with one attached hydrogen (secondary N) is 2. The number of nitrogens with zero attached hydrogens (tertiary/aromatic N) is 1. The molecular weight excluding hydrogens is 354 g/mol. The number of aryl methyl sites for hydroxylation is 1. The maximum absolute atomic E-state index is 12.0. The Morgan fingerprint density at radius 1 is 1.22 bits per heavy atom. The minimum atomic E-state index is -0.718. The van der Waals surface area contributed by atoms with Crippen molar-refractivity contribution in [3.05, 3.63) is 33.9 Å². The maximum atomic E-state index is 12.0. The number of hydrogen-bond donors (Lipinski definition) is 2. The summed E-state index contributed by atoms with van der Waals surface area (Å²) in [6.45, 7) is 0.852. The molecule has 27 heavy (non-hydrogen) atoms. The Balaban J connectivity index is 1.75. The van der Waals surface area contributed by atoms with Crippen molar-refractivity contribution in [1.29, 1.82) is 0 Å². The zero-order valence-electron chi connectivity index (χ0n) is 15.2. The quantitative estimate of drug-likeness (QED) is 0.425. The number of benzene rings is 1. The molecule has 1 fully saturated rings. The molecule has 0 atom stereocenters. The topological polar surface area (TPSA) is 128 Å². The lowest BCUT2D eigenvalue weighted by molar-refractivity contribution is -0.384. The van der Waals surface area contributed by atoms with Crippen molar-refractivity contribution in [3.63, 3.8) is 0 Å². The lowest BCUT2D eigenvalue weighted by Crippen LogP contribution is -2.36. The Hall–Kier alpha value is -2.97. The molecule has 0 saturated heterocycles. The number of non-ortho nitro benzene ring substituents is 1. The zero-order chi connectivity index (χ0) is 19.8. The minimum absolute atomic E-state index is 0.0632. The van der Waals surface area contributed by atoms with Crippen molar-refractivity contribution >= 4 is 29.2 Å². The van der Waals surface area contributed by atoms with Crippen LogP contribution in [0.2, 0.25) is 0 Å². The van der Waals surface area contributed by atoms with Gasteiger partial charge in [-0.2, -0.15) is 0 Å². The van der Waals surface area contributed by atoms with E-state index in [4.69, 9.17) is 4.74 Å². The standard InChI is InChI=1S/C18H23N3O6/c1-12-7-8-14(21(25)26)9-15(12)20-16(22)11-27-17(23)10-19-18(24)13-5-3-2-4-6-13/h7-9,13H,2-6,10-11H2,1H3,(H,19,24)(H,20,22). The molecule has 1 aliphatic rings. The van der Waals surface area contributed by atoms with Gasteiger partial charge in [-0.1, -0.05) is 25.3 Å². The van der Waals surface area contributed by atoms with Gasteiger partial charge in [0.05, 0.1) is 10.6 Å². The number of anilines is 1. The number of rotatable bonds is 7. The molecule has 1 aromatic rings. The van der Waals surface area contributed by atoms with Gasteiger partial charge in [-0.15, -0.1) is 0 Å². The Morgan fingerprint density at radius 2 is 1.93 bits per heavy atom. The number of nitro benzene ring substituents is 1. The van der Waals surface area contributed by atoms with E-state index in [1.54, 1.807) is 6.92 Å². The third-order valence-electron chi connectivity index (χ3n) is 4.45. The Labute approximate surface area is 156 Å². The second-order valence-electron chi connectivity index (χ2n) is 6.52. The lowest BCUT2D eigenvalue weighted by atomic mass is 9.89. The first-order valence-corrected chi connectivity index (χ1v) is 8.85. The summed E-state index contributed by atoms with van der Waals surface area (Å²) in [6, 6.07) is 4.08. The van der Waals surface area contributed by atoms with Crippen LogP contribution in [0.15, 0.2) is 18.2 Å². The van der Waals surface area contributed by atoms with Gasteiger partial charge in [0.15, 0.2) is 6.61 Å². The molecular formula is C18H23N3O6. The molecule has 0 heterocycles. The first-order valence-electron chi connectivity index (χ1n) is 8.85. The molecule has 2 N–H and O–H groups in total. The summed E-state index contributed by atoms with van der Waals surface area (Å²) in [4.78, 5) is 45.8. The number of ether oxygens (including phenoxy) is 1. The average Bonchev–Trinajstić information content (AvgIpc) is 2.66. The van der Waals surface area contributed by atoms with Gasteiger partial charge >= 0.3 is 5.97 Å². The number of amides is 2. The highest BCUT2D eigenvalue weighted by atomic mass is 16.6. The highest BCUT2D eigenvalue weighted by Crippen LogP contribution is 2.23. The predicted molar refractivity (Wildman–Crippen MR) is 97.0 cm³/mol. The summed E-state index contributed by atoms with van der Waals surface area (Å²) >= 11 is 0. The summed E-state index contributed by atoms with van der Waals surface area (Å²) in [7, 11) is 0. The number of carbonyl (C=O) groups excluding carboxylic acids is 3. The Morgan fingerprint density at radius 3 is 2.59 bits per heavy atom. The van der Waals surface area contributed by atoms with Crippen LogP contribution >= 0.6 is 0 Å². The average molecular weight is 377 g/mol. The highest BCUT2D eigenvalue weighted by Gasteiger charge is 2.21. The molecule has 146 valence electrons.